The Balaban J connectivity index is 2.11. The number of hydrogen-bond acceptors (Lipinski definition) is 2. The molecule has 0 atom stereocenters. The Morgan fingerprint density at radius 1 is 1.19 bits per heavy atom. The maximum Gasteiger partial charge on any atom is 0.256 e. The van der Waals surface area contributed by atoms with Gasteiger partial charge < -0.3 is 5.32 Å². The number of nitrogens with one attached hydrogen (secondary N) is 1. The van der Waals surface area contributed by atoms with Crippen LogP contribution in [-0.2, 0) is 4.79 Å². The molecule has 2 aromatic rings. The van der Waals surface area contributed by atoms with Crippen LogP contribution in [0.2, 0.25) is 0 Å². The molecule has 102 valence electrons. The Morgan fingerprint density at radius 3 is 2.57 bits per heavy atom. The number of hydrogen-bond donors (Lipinski definition) is 1. The fourth-order valence-electron chi connectivity index (χ4n) is 2.40. The Kier molecular flexibility index (Phi) is 3.36. The van der Waals surface area contributed by atoms with Crippen molar-refractivity contribution in [2.24, 2.45) is 0 Å². The fourth-order valence-corrected chi connectivity index (χ4v) is 2.73. The second-order valence-electron chi connectivity index (χ2n) is 4.84. The highest BCUT2D eigenvalue weighted by Crippen LogP contribution is 2.38. The van der Waals surface area contributed by atoms with E-state index in [1.54, 1.807) is 12.1 Å². The van der Waals surface area contributed by atoms with Crippen molar-refractivity contribution in [1.82, 2.24) is 0 Å². The zero-order valence-electron chi connectivity index (χ0n) is 11.3. The summed E-state index contributed by atoms with van der Waals surface area (Å²) in [4.78, 5) is 12.2. The molecule has 1 N–H and O–H groups in total. The van der Waals surface area contributed by atoms with E-state index in [0.717, 1.165) is 26.9 Å². The summed E-state index contributed by atoms with van der Waals surface area (Å²) in [5, 5.41) is 11.7. The smallest absolute Gasteiger partial charge is 0.256 e. The summed E-state index contributed by atoms with van der Waals surface area (Å²) < 4.78 is 0.975. The number of amides is 1. The Hall–Kier alpha value is -2.38. The topological polar surface area (TPSA) is 52.9 Å². The SMILES string of the molecule is Cc1c(Br)ccc2c1C(=Cc1ccc(C#N)cc1)C(=O)N2. The van der Waals surface area contributed by atoms with E-state index in [2.05, 4.69) is 27.3 Å². The van der Waals surface area contributed by atoms with Crippen molar-refractivity contribution in [3.8, 4) is 6.07 Å². The van der Waals surface area contributed by atoms with E-state index in [4.69, 9.17) is 5.26 Å². The molecule has 1 aliphatic rings. The van der Waals surface area contributed by atoms with Gasteiger partial charge in [0.15, 0.2) is 0 Å². The number of fused-ring (bicyclic) bond motifs is 1. The molecule has 0 radical (unpaired) electrons. The van der Waals surface area contributed by atoms with Gasteiger partial charge in [0.2, 0.25) is 0 Å². The van der Waals surface area contributed by atoms with Crippen molar-refractivity contribution < 1.29 is 4.79 Å². The zero-order valence-corrected chi connectivity index (χ0v) is 12.9. The van der Waals surface area contributed by atoms with Crippen molar-refractivity contribution in [2.45, 2.75) is 6.92 Å². The summed E-state index contributed by atoms with van der Waals surface area (Å²) in [6, 6.07) is 13.1. The van der Waals surface area contributed by atoms with Crippen LogP contribution >= 0.6 is 15.9 Å². The molecule has 1 heterocycles. The lowest BCUT2D eigenvalue weighted by atomic mass is 9.99. The van der Waals surface area contributed by atoms with Gasteiger partial charge in [-0.05, 0) is 48.4 Å². The highest BCUT2D eigenvalue weighted by atomic mass is 79.9. The number of carbonyl (C=O) groups excluding carboxylic acids is 1. The second kappa shape index (κ2) is 5.19. The van der Waals surface area contributed by atoms with Gasteiger partial charge in [0.1, 0.15) is 0 Å². The highest BCUT2D eigenvalue weighted by Gasteiger charge is 2.26. The first kappa shape index (κ1) is 13.6. The maximum absolute atomic E-state index is 12.2. The third kappa shape index (κ3) is 2.37. The monoisotopic (exact) mass is 338 g/mol. The van der Waals surface area contributed by atoms with Crippen LogP contribution in [0.25, 0.3) is 11.6 Å². The van der Waals surface area contributed by atoms with Crippen LogP contribution < -0.4 is 5.32 Å². The van der Waals surface area contributed by atoms with Crippen molar-refractivity contribution in [3.63, 3.8) is 0 Å². The summed E-state index contributed by atoms with van der Waals surface area (Å²) in [6.07, 6.45) is 1.85. The first-order chi connectivity index (χ1) is 10.1. The van der Waals surface area contributed by atoms with Gasteiger partial charge in [0, 0.05) is 21.3 Å². The average molecular weight is 339 g/mol. The van der Waals surface area contributed by atoms with E-state index in [9.17, 15) is 4.79 Å². The molecule has 0 spiro atoms. The Labute approximate surface area is 131 Å². The largest absolute Gasteiger partial charge is 0.321 e. The van der Waals surface area contributed by atoms with Crippen LogP contribution in [-0.4, -0.2) is 5.91 Å². The first-order valence-electron chi connectivity index (χ1n) is 6.43. The average Bonchev–Trinajstić information content (AvgIpc) is 2.81. The van der Waals surface area contributed by atoms with Crippen molar-refractivity contribution >= 4 is 39.2 Å². The molecule has 0 aliphatic carbocycles. The minimum atomic E-state index is -0.101. The molecule has 1 aliphatic heterocycles. The molecule has 0 fully saturated rings. The lowest BCUT2D eigenvalue weighted by Gasteiger charge is -2.06. The molecule has 2 aromatic carbocycles. The molecular weight excluding hydrogens is 328 g/mol. The van der Waals surface area contributed by atoms with Crippen LogP contribution in [0, 0.1) is 18.3 Å². The Bertz CT molecular complexity index is 814. The number of benzene rings is 2. The molecular formula is C17H11BrN2O. The quantitative estimate of drug-likeness (QED) is 0.795. The summed E-state index contributed by atoms with van der Waals surface area (Å²) >= 11 is 3.50. The summed E-state index contributed by atoms with van der Waals surface area (Å²) in [5.74, 6) is -0.101. The van der Waals surface area contributed by atoms with Crippen LogP contribution in [0.4, 0.5) is 5.69 Å². The second-order valence-corrected chi connectivity index (χ2v) is 5.70. The predicted octanol–water partition coefficient (Wildman–Crippen LogP) is 4.12. The van der Waals surface area contributed by atoms with Crippen molar-refractivity contribution in [3.05, 3.63) is 63.1 Å². The fraction of sp³-hybridized carbons (Fsp3) is 0.0588. The molecule has 0 bridgehead atoms. The van der Waals surface area contributed by atoms with Gasteiger partial charge in [-0.3, -0.25) is 4.79 Å². The first-order valence-corrected chi connectivity index (χ1v) is 7.22. The van der Waals surface area contributed by atoms with Crippen molar-refractivity contribution in [1.29, 1.82) is 5.26 Å². The minimum Gasteiger partial charge on any atom is -0.321 e. The number of halogens is 1. The zero-order chi connectivity index (χ0) is 15.0. The number of nitrogens with zero attached hydrogens (tertiary/aromatic N) is 1. The van der Waals surface area contributed by atoms with Crippen LogP contribution in [0.15, 0.2) is 40.9 Å². The summed E-state index contributed by atoms with van der Waals surface area (Å²) in [5.41, 5.74) is 4.94. The van der Waals surface area contributed by atoms with Gasteiger partial charge >= 0.3 is 0 Å². The van der Waals surface area contributed by atoms with Crippen LogP contribution in [0.3, 0.4) is 0 Å². The highest BCUT2D eigenvalue weighted by molar-refractivity contribution is 9.10. The van der Waals surface area contributed by atoms with E-state index in [0.29, 0.717) is 11.1 Å². The van der Waals surface area contributed by atoms with Gasteiger partial charge in [-0.25, -0.2) is 0 Å². The molecule has 0 saturated heterocycles. The third-order valence-corrected chi connectivity index (χ3v) is 4.37. The number of rotatable bonds is 1. The van der Waals surface area contributed by atoms with Gasteiger partial charge in [-0.2, -0.15) is 5.26 Å². The molecule has 3 rings (SSSR count). The van der Waals surface area contributed by atoms with Gasteiger partial charge in [-0.1, -0.05) is 28.1 Å². The number of carbonyl (C=O) groups is 1. The van der Waals surface area contributed by atoms with E-state index >= 15 is 0 Å². The van der Waals surface area contributed by atoms with E-state index in [1.165, 1.54) is 0 Å². The third-order valence-electron chi connectivity index (χ3n) is 3.51. The van der Waals surface area contributed by atoms with E-state index in [1.807, 2.05) is 37.3 Å². The molecule has 0 unspecified atom stereocenters. The van der Waals surface area contributed by atoms with Gasteiger partial charge in [0.25, 0.3) is 5.91 Å². The van der Waals surface area contributed by atoms with Crippen LogP contribution in [0.1, 0.15) is 22.3 Å². The summed E-state index contributed by atoms with van der Waals surface area (Å²) in [7, 11) is 0. The molecule has 1 amide bonds. The minimum absolute atomic E-state index is 0.101. The normalized spacial score (nSPS) is 14.7. The lowest BCUT2D eigenvalue weighted by molar-refractivity contribution is -0.110. The molecule has 4 heteroatoms. The molecule has 21 heavy (non-hydrogen) atoms. The van der Waals surface area contributed by atoms with E-state index < -0.39 is 0 Å². The standard InChI is InChI=1S/C17H11BrN2O/c1-10-14(18)6-7-15-16(10)13(17(21)20-15)8-11-2-4-12(9-19)5-3-11/h2-8H,1H3,(H,20,21). The Morgan fingerprint density at radius 2 is 1.90 bits per heavy atom. The van der Waals surface area contributed by atoms with Crippen LogP contribution in [0.5, 0.6) is 0 Å². The molecule has 3 nitrogen and oxygen atoms in total. The van der Waals surface area contributed by atoms with E-state index in [-0.39, 0.29) is 5.91 Å². The van der Waals surface area contributed by atoms with Crippen molar-refractivity contribution in [2.75, 3.05) is 5.32 Å². The number of anilines is 1. The predicted molar refractivity (Wildman–Crippen MR) is 86.5 cm³/mol. The van der Waals surface area contributed by atoms with Gasteiger partial charge in [0.05, 0.1) is 11.6 Å². The maximum atomic E-state index is 12.2. The van der Waals surface area contributed by atoms with Gasteiger partial charge in [-0.15, -0.1) is 0 Å². The number of nitriles is 1. The molecule has 0 saturated carbocycles. The lowest BCUT2D eigenvalue weighted by Crippen LogP contribution is -2.03. The molecule has 0 aromatic heterocycles. The summed E-state index contributed by atoms with van der Waals surface area (Å²) in [6.45, 7) is 1.98.